The molecule has 0 saturated heterocycles. The predicted molar refractivity (Wildman–Crippen MR) is 105 cm³/mol. The number of nitrogens with zero attached hydrogens (tertiary/aromatic N) is 2. The lowest BCUT2D eigenvalue weighted by Crippen LogP contribution is -2.62. The predicted octanol–water partition coefficient (Wildman–Crippen LogP) is 4.92. The number of halogens is 3. The second kappa shape index (κ2) is 7.74. The summed E-state index contributed by atoms with van der Waals surface area (Å²) in [7, 11) is 0. The molecule has 160 valence electrons. The summed E-state index contributed by atoms with van der Waals surface area (Å²) in [6.07, 6.45) is -2.84. The SMILES string of the molecule is CC(C)(C)[C@@H]1CCC2=NN(C(=O)CCCc3ccccc3)[C@](O)(C(F)(F)F)[C@H]2C1. The van der Waals surface area contributed by atoms with Gasteiger partial charge in [-0.3, -0.25) is 4.79 Å². The molecule has 1 aromatic carbocycles. The molecule has 4 nitrogen and oxygen atoms in total. The molecule has 1 aliphatic carbocycles. The fourth-order valence-electron chi connectivity index (χ4n) is 4.45. The molecule has 0 bridgehead atoms. The topological polar surface area (TPSA) is 52.9 Å². The van der Waals surface area contributed by atoms with Crippen LogP contribution in [-0.2, 0) is 11.2 Å². The second-order valence-electron chi connectivity index (χ2n) is 9.25. The minimum atomic E-state index is -4.97. The molecule has 0 spiro atoms. The molecule has 2 aliphatic rings. The summed E-state index contributed by atoms with van der Waals surface area (Å²) in [6, 6.07) is 9.46. The molecule has 1 fully saturated rings. The first-order chi connectivity index (χ1) is 13.4. The number of benzene rings is 1. The summed E-state index contributed by atoms with van der Waals surface area (Å²) in [6.45, 7) is 5.98. The molecule has 1 amide bonds. The first-order valence-corrected chi connectivity index (χ1v) is 10.2. The lowest BCUT2D eigenvalue weighted by atomic mass is 9.66. The quantitative estimate of drug-likeness (QED) is 0.766. The number of aryl methyl sites for hydroxylation is 1. The van der Waals surface area contributed by atoms with Gasteiger partial charge in [0.15, 0.2) is 0 Å². The Bertz CT molecular complexity index is 771. The van der Waals surface area contributed by atoms with Crippen LogP contribution in [0.1, 0.15) is 58.4 Å². The summed E-state index contributed by atoms with van der Waals surface area (Å²) < 4.78 is 42.1. The Hall–Kier alpha value is -1.89. The summed E-state index contributed by atoms with van der Waals surface area (Å²) in [5, 5.41) is 15.2. The Kier molecular flexibility index (Phi) is 5.82. The number of hydrazone groups is 1. The van der Waals surface area contributed by atoms with Crippen LogP contribution in [0.25, 0.3) is 0 Å². The molecule has 0 aromatic heterocycles. The van der Waals surface area contributed by atoms with Crippen LogP contribution < -0.4 is 0 Å². The molecule has 1 aromatic rings. The van der Waals surface area contributed by atoms with E-state index in [1.165, 1.54) is 0 Å². The van der Waals surface area contributed by atoms with Crippen LogP contribution in [0.3, 0.4) is 0 Å². The van der Waals surface area contributed by atoms with Gasteiger partial charge in [-0.15, -0.1) is 0 Å². The van der Waals surface area contributed by atoms with Crippen molar-refractivity contribution in [2.45, 2.75) is 71.2 Å². The lowest BCUT2D eigenvalue weighted by Gasteiger charge is -2.42. The fourth-order valence-corrected chi connectivity index (χ4v) is 4.45. The van der Waals surface area contributed by atoms with E-state index in [0.717, 1.165) is 5.56 Å². The molecule has 3 rings (SSSR count). The van der Waals surface area contributed by atoms with Crippen molar-refractivity contribution >= 4 is 11.6 Å². The van der Waals surface area contributed by atoms with Crippen molar-refractivity contribution in [1.82, 2.24) is 5.01 Å². The third-order valence-corrected chi connectivity index (χ3v) is 6.29. The average Bonchev–Trinajstić information content (AvgIpc) is 2.95. The molecule has 1 heterocycles. The lowest BCUT2D eigenvalue weighted by molar-refractivity contribution is -0.318. The van der Waals surface area contributed by atoms with Gasteiger partial charge in [0, 0.05) is 12.1 Å². The fraction of sp³-hybridized carbons (Fsp3) is 0.636. The van der Waals surface area contributed by atoms with Crippen molar-refractivity contribution in [1.29, 1.82) is 0 Å². The maximum absolute atomic E-state index is 14.0. The van der Waals surface area contributed by atoms with E-state index < -0.39 is 23.7 Å². The van der Waals surface area contributed by atoms with Crippen LogP contribution in [0.2, 0.25) is 0 Å². The second-order valence-corrected chi connectivity index (χ2v) is 9.25. The molecule has 29 heavy (non-hydrogen) atoms. The van der Waals surface area contributed by atoms with E-state index >= 15 is 0 Å². The highest BCUT2D eigenvalue weighted by Gasteiger charge is 2.69. The average molecular weight is 410 g/mol. The number of hydrogen-bond acceptors (Lipinski definition) is 3. The Morgan fingerprint density at radius 3 is 2.48 bits per heavy atom. The number of carbonyl (C=O) groups is 1. The van der Waals surface area contributed by atoms with Crippen molar-refractivity contribution in [3.63, 3.8) is 0 Å². The maximum atomic E-state index is 14.0. The summed E-state index contributed by atoms with van der Waals surface area (Å²) in [5.41, 5.74) is -2.12. The van der Waals surface area contributed by atoms with Gasteiger partial charge < -0.3 is 5.11 Å². The zero-order valence-corrected chi connectivity index (χ0v) is 17.2. The van der Waals surface area contributed by atoms with Crippen LogP contribution in [0, 0.1) is 17.3 Å². The van der Waals surface area contributed by atoms with Gasteiger partial charge in [0.25, 0.3) is 5.72 Å². The molecular weight excluding hydrogens is 381 g/mol. The van der Waals surface area contributed by atoms with Gasteiger partial charge in [-0.05, 0) is 49.0 Å². The van der Waals surface area contributed by atoms with Gasteiger partial charge >= 0.3 is 6.18 Å². The van der Waals surface area contributed by atoms with Gasteiger partial charge in [-0.2, -0.15) is 23.3 Å². The number of hydrogen-bond donors (Lipinski definition) is 1. The van der Waals surface area contributed by atoms with Crippen LogP contribution in [0.4, 0.5) is 13.2 Å². The van der Waals surface area contributed by atoms with Crippen molar-refractivity contribution in [3.8, 4) is 0 Å². The van der Waals surface area contributed by atoms with Gasteiger partial charge in [0.1, 0.15) is 0 Å². The number of fused-ring (bicyclic) bond motifs is 1. The van der Waals surface area contributed by atoms with Crippen molar-refractivity contribution in [3.05, 3.63) is 35.9 Å². The van der Waals surface area contributed by atoms with E-state index in [0.29, 0.717) is 36.4 Å². The summed E-state index contributed by atoms with van der Waals surface area (Å²) in [4.78, 5) is 12.7. The molecule has 3 atom stereocenters. The van der Waals surface area contributed by atoms with Gasteiger partial charge in [-0.25, -0.2) is 0 Å². The van der Waals surface area contributed by atoms with Crippen molar-refractivity contribution < 1.29 is 23.1 Å². The van der Waals surface area contributed by atoms with E-state index in [4.69, 9.17) is 0 Å². The summed E-state index contributed by atoms with van der Waals surface area (Å²) >= 11 is 0. The highest BCUT2D eigenvalue weighted by molar-refractivity contribution is 5.93. The van der Waals surface area contributed by atoms with E-state index in [9.17, 15) is 23.1 Å². The monoisotopic (exact) mass is 410 g/mol. The van der Waals surface area contributed by atoms with E-state index in [2.05, 4.69) is 5.10 Å². The van der Waals surface area contributed by atoms with Gasteiger partial charge in [-0.1, -0.05) is 51.1 Å². The third kappa shape index (κ3) is 4.20. The minimum absolute atomic E-state index is 0.0217. The zero-order chi connectivity index (χ0) is 21.4. The molecule has 0 radical (unpaired) electrons. The van der Waals surface area contributed by atoms with Crippen LogP contribution >= 0.6 is 0 Å². The van der Waals surface area contributed by atoms with Crippen LogP contribution in [0.15, 0.2) is 35.4 Å². The van der Waals surface area contributed by atoms with Crippen molar-refractivity contribution in [2.75, 3.05) is 0 Å². The van der Waals surface area contributed by atoms with E-state index in [-0.39, 0.29) is 24.2 Å². The third-order valence-electron chi connectivity index (χ3n) is 6.29. The Labute approximate surface area is 169 Å². The number of alkyl halides is 3. The summed E-state index contributed by atoms with van der Waals surface area (Å²) in [5.74, 6) is -1.96. The molecular formula is C22H29F3N2O2. The normalized spacial score (nSPS) is 27.6. The first-order valence-electron chi connectivity index (χ1n) is 10.2. The molecule has 7 heteroatoms. The van der Waals surface area contributed by atoms with Gasteiger partial charge in [0.2, 0.25) is 5.91 Å². The number of rotatable bonds is 4. The molecule has 1 N–H and O–H groups in total. The number of aliphatic hydroxyl groups is 1. The molecule has 0 unspecified atom stereocenters. The van der Waals surface area contributed by atoms with Crippen LogP contribution in [0.5, 0.6) is 0 Å². The van der Waals surface area contributed by atoms with E-state index in [1.807, 2.05) is 51.1 Å². The molecule has 1 saturated carbocycles. The Morgan fingerprint density at radius 2 is 1.90 bits per heavy atom. The zero-order valence-electron chi connectivity index (χ0n) is 17.2. The van der Waals surface area contributed by atoms with Crippen LogP contribution in [-0.4, -0.2) is 33.6 Å². The smallest absolute Gasteiger partial charge is 0.362 e. The van der Waals surface area contributed by atoms with E-state index in [1.54, 1.807) is 0 Å². The van der Waals surface area contributed by atoms with Gasteiger partial charge in [0.05, 0.1) is 5.92 Å². The largest absolute Gasteiger partial charge is 0.439 e. The van der Waals surface area contributed by atoms with Crippen molar-refractivity contribution in [2.24, 2.45) is 22.4 Å². The highest BCUT2D eigenvalue weighted by atomic mass is 19.4. The maximum Gasteiger partial charge on any atom is 0.439 e. The first kappa shape index (κ1) is 21.8. The Balaban J connectivity index is 1.77. The Morgan fingerprint density at radius 1 is 1.24 bits per heavy atom. The number of carbonyl (C=O) groups excluding carboxylic acids is 1. The minimum Gasteiger partial charge on any atom is -0.362 e. The standard InChI is InChI=1S/C22H29F3N2O2/c1-20(2,3)16-12-13-18-17(14-16)21(29,22(23,24)25)27(26-18)19(28)11-7-10-15-8-5-4-6-9-15/h4-6,8-9,16-17,29H,7,10-14H2,1-3H3/t16-,17+,21-/m1/s1. The highest BCUT2D eigenvalue weighted by Crippen LogP contribution is 2.51. The number of amides is 1. The molecule has 1 aliphatic heterocycles.